The summed E-state index contributed by atoms with van der Waals surface area (Å²) in [6, 6.07) is 5.04. The van der Waals surface area contributed by atoms with Crippen molar-refractivity contribution < 1.29 is 23.8 Å². The maximum atomic E-state index is 11.0. The molecule has 0 amide bonds. The highest BCUT2D eigenvalue weighted by molar-refractivity contribution is 5.92. The van der Waals surface area contributed by atoms with Crippen molar-refractivity contribution in [3.63, 3.8) is 0 Å². The number of hydrogen-bond donors (Lipinski definition) is 1. The average Bonchev–Trinajstić information content (AvgIpc) is 2.90. The van der Waals surface area contributed by atoms with Gasteiger partial charge in [0, 0.05) is 27.3 Å². The minimum atomic E-state index is -0.995. The maximum absolute atomic E-state index is 11.0. The molecule has 0 fully saturated rings. The van der Waals surface area contributed by atoms with Gasteiger partial charge in [-0.2, -0.15) is 4.98 Å². The van der Waals surface area contributed by atoms with Gasteiger partial charge in [0.25, 0.3) is 6.01 Å². The van der Waals surface area contributed by atoms with Gasteiger partial charge < -0.3 is 23.9 Å². The Morgan fingerprint density at radius 2 is 1.95 bits per heavy atom. The van der Waals surface area contributed by atoms with Gasteiger partial charge in [0.05, 0.1) is 18.8 Å². The maximum Gasteiger partial charge on any atom is 0.335 e. The van der Waals surface area contributed by atoms with Crippen molar-refractivity contribution >= 4 is 23.1 Å². The number of anilines is 1. The first-order chi connectivity index (χ1) is 10.2. The van der Waals surface area contributed by atoms with E-state index in [0.717, 1.165) is 0 Å². The molecule has 2 rings (SSSR count). The van der Waals surface area contributed by atoms with Gasteiger partial charge in [0.15, 0.2) is 5.58 Å². The van der Waals surface area contributed by atoms with Crippen LogP contribution in [0.2, 0.25) is 0 Å². The van der Waals surface area contributed by atoms with Gasteiger partial charge in [0.2, 0.25) is 0 Å². The molecule has 0 atom stereocenters. The molecule has 114 valence electrons. The van der Waals surface area contributed by atoms with E-state index in [9.17, 15) is 4.79 Å². The fourth-order valence-electron chi connectivity index (χ4n) is 1.89. The van der Waals surface area contributed by atoms with Crippen LogP contribution in [-0.4, -0.2) is 56.6 Å². The number of carboxylic acid groups (broad SMARTS) is 1. The standard InChI is InChI=1S/C14H18N2O5/c1-19-7-5-16(6-8-20-2)14-15-11-4-3-10(13(17)18)9-12(11)21-14/h3-4,9H,5-8H2,1-2H3,(H,17,18). The Morgan fingerprint density at radius 3 is 2.52 bits per heavy atom. The zero-order valence-electron chi connectivity index (χ0n) is 12.0. The van der Waals surface area contributed by atoms with Crippen molar-refractivity contribution in [2.45, 2.75) is 0 Å². The Hall–Kier alpha value is -2.12. The summed E-state index contributed by atoms with van der Waals surface area (Å²) in [5.74, 6) is -0.995. The highest BCUT2D eigenvalue weighted by atomic mass is 16.5. The van der Waals surface area contributed by atoms with E-state index in [4.69, 9.17) is 19.0 Å². The number of aromatic carboxylic acids is 1. The van der Waals surface area contributed by atoms with Crippen molar-refractivity contribution in [1.29, 1.82) is 0 Å². The summed E-state index contributed by atoms with van der Waals surface area (Å²) in [4.78, 5) is 17.2. The fourth-order valence-corrected chi connectivity index (χ4v) is 1.89. The molecule has 1 N–H and O–H groups in total. The number of benzene rings is 1. The molecule has 7 nitrogen and oxygen atoms in total. The minimum Gasteiger partial charge on any atom is -0.478 e. The zero-order valence-corrected chi connectivity index (χ0v) is 12.0. The van der Waals surface area contributed by atoms with Gasteiger partial charge in [-0.15, -0.1) is 0 Å². The Bertz CT molecular complexity index is 602. The van der Waals surface area contributed by atoms with E-state index in [1.807, 2.05) is 4.90 Å². The average molecular weight is 294 g/mol. The Kier molecular flexibility index (Phi) is 5.13. The lowest BCUT2D eigenvalue weighted by molar-refractivity contribution is 0.0697. The molecule has 21 heavy (non-hydrogen) atoms. The number of carboxylic acids is 1. The number of methoxy groups -OCH3 is 2. The monoisotopic (exact) mass is 294 g/mol. The lowest BCUT2D eigenvalue weighted by atomic mass is 10.2. The van der Waals surface area contributed by atoms with Crippen molar-refractivity contribution in [1.82, 2.24) is 4.98 Å². The third-order valence-electron chi connectivity index (χ3n) is 3.03. The Balaban J connectivity index is 2.27. The van der Waals surface area contributed by atoms with Crippen LogP contribution in [0.1, 0.15) is 10.4 Å². The van der Waals surface area contributed by atoms with Crippen molar-refractivity contribution in [3.8, 4) is 0 Å². The quantitative estimate of drug-likeness (QED) is 0.791. The predicted octanol–water partition coefficient (Wildman–Crippen LogP) is 1.63. The second-order valence-corrected chi connectivity index (χ2v) is 4.46. The van der Waals surface area contributed by atoms with Gasteiger partial charge in [-0.3, -0.25) is 0 Å². The largest absolute Gasteiger partial charge is 0.478 e. The SMILES string of the molecule is COCCN(CCOC)c1nc2ccc(C(=O)O)cc2o1. The predicted molar refractivity (Wildman–Crippen MR) is 76.9 cm³/mol. The summed E-state index contributed by atoms with van der Waals surface area (Å²) in [7, 11) is 3.25. The summed E-state index contributed by atoms with van der Waals surface area (Å²) >= 11 is 0. The summed E-state index contributed by atoms with van der Waals surface area (Å²) < 4.78 is 15.8. The number of fused-ring (bicyclic) bond motifs is 1. The number of oxazole rings is 1. The van der Waals surface area contributed by atoms with Crippen LogP contribution in [0.15, 0.2) is 22.6 Å². The van der Waals surface area contributed by atoms with Crippen LogP contribution >= 0.6 is 0 Å². The molecule has 1 heterocycles. The Labute approximate surface area is 122 Å². The lowest BCUT2D eigenvalue weighted by Gasteiger charge is -2.19. The van der Waals surface area contributed by atoms with Crippen LogP contribution < -0.4 is 4.90 Å². The summed E-state index contributed by atoms with van der Waals surface area (Å²) in [5, 5.41) is 8.99. The molecule has 0 aliphatic carbocycles. The minimum absolute atomic E-state index is 0.172. The first-order valence-corrected chi connectivity index (χ1v) is 6.52. The van der Waals surface area contributed by atoms with E-state index < -0.39 is 5.97 Å². The molecule has 0 saturated carbocycles. The highest BCUT2D eigenvalue weighted by Gasteiger charge is 2.15. The van der Waals surface area contributed by atoms with Crippen LogP contribution in [-0.2, 0) is 9.47 Å². The second kappa shape index (κ2) is 7.05. The molecular weight excluding hydrogens is 276 g/mol. The molecule has 0 aliphatic rings. The van der Waals surface area contributed by atoms with Crippen molar-refractivity contribution in [2.24, 2.45) is 0 Å². The second-order valence-electron chi connectivity index (χ2n) is 4.46. The third-order valence-corrected chi connectivity index (χ3v) is 3.03. The molecule has 7 heteroatoms. The number of hydrogen-bond acceptors (Lipinski definition) is 6. The molecule has 0 bridgehead atoms. The summed E-state index contributed by atoms with van der Waals surface area (Å²) in [6.45, 7) is 2.28. The first-order valence-electron chi connectivity index (χ1n) is 6.52. The summed E-state index contributed by atoms with van der Waals surface area (Å²) in [5.41, 5.74) is 1.24. The van der Waals surface area contributed by atoms with E-state index in [1.165, 1.54) is 12.1 Å². The molecule has 1 aromatic heterocycles. The smallest absolute Gasteiger partial charge is 0.335 e. The van der Waals surface area contributed by atoms with Crippen molar-refractivity contribution in [3.05, 3.63) is 23.8 Å². The fraction of sp³-hybridized carbons (Fsp3) is 0.429. The number of rotatable bonds is 8. The molecule has 0 radical (unpaired) electrons. The highest BCUT2D eigenvalue weighted by Crippen LogP contribution is 2.23. The van der Waals surface area contributed by atoms with E-state index in [1.54, 1.807) is 20.3 Å². The van der Waals surface area contributed by atoms with Gasteiger partial charge in [-0.25, -0.2) is 4.79 Å². The number of ether oxygens (including phenoxy) is 2. The van der Waals surface area contributed by atoms with E-state index in [2.05, 4.69) is 4.98 Å². The van der Waals surface area contributed by atoms with Crippen LogP contribution in [0.25, 0.3) is 11.1 Å². The Morgan fingerprint density at radius 1 is 1.29 bits per heavy atom. The normalized spacial score (nSPS) is 11.0. The van der Waals surface area contributed by atoms with Crippen LogP contribution in [0.5, 0.6) is 0 Å². The topological polar surface area (TPSA) is 85.0 Å². The first kappa shape index (κ1) is 15.3. The molecule has 0 aliphatic heterocycles. The number of carbonyl (C=O) groups is 1. The number of nitrogens with zero attached hydrogens (tertiary/aromatic N) is 2. The van der Waals surface area contributed by atoms with Gasteiger partial charge in [-0.05, 0) is 18.2 Å². The van der Waals surface area contributed by atoms with Crippen molar-refractivity contribution in [2.75, 3.05) is 45.4 Å². The van der Waals surface area contributed by atoms with Crippen LogP contribution in [0.4, 0.5) is 6.01 Å². The van der Waals surface area contributed by atoms with Gasteiger partial charge in [0.1, 0.15) is 5.52 Å². The van der Waals surface area contributed by atoms with Gasteiger partial charge in [-0.1, -0.05) is 0 Å². The molecule has 0 unspecified atom stereocenters. The molecule has 2 aromatic rings. The zero-order chi connectivity index (χ0) is 15.2. The van der Waals surface area contributed by atoms with Crippen LogP contribution in [0.3, 0.4) is 0 Å². The molecule has 0 saturated heterocycles. The van der Waals surface area contributed by atoms with E-state index in [0.29, 0.717) is 43.4 Å². The lowest BCUT2D eigenvalue weighted by Crippen LogP contribution is -2.30. The van der Waals surface area contributed by atoms with Gasteiger partial charge >= 0.3 is 5.97 Å². The van der Waals surface area contributed by atoms with E-state index >= 15 is 0 Å². The number of aromatic nitrogens is 1. The molecule has 1 aromatic carbocycles. The van der Waals surface area contributed by atoms with E-state index in [-0.39, 0.29) is 5.56 Å². The molecular formula is C14H18N2O5. The molecule has 0 spiro atoms. The van der Waals surface area contributed by atoms with Crippen LogP contribution in [0, 0.1) is 0 Å². The third kappa shape index (κ3) is 3.71. The summed E-state index contributed by atoms with van der Waals surface area (Å²) in [6.07, 6.45) is 0.